The van der Waals surface area contributed by atoms with Crippen molar-refractivity contribution in [2.24, 2.45) is 0 Å². The Balaban J connectivity index is 1.88. The molecule has 30 heavy (non-hydrogen) atoms. The smallest absolute Gasteiger partial charge is 0.200 e. The lowest BCUT2D eigenvalue weighted by molar-refractivity contribution is -0.0488. The van der Waals surface area contributed by atoms with Crippen molar-refractivity contribution in [1.29, 1.82) is 0 Å². The van der Waals surface area contributed by atoms with E-state index in [0.717, 1.165) is 16.8 Å². The van der Waals surface area contributed by atoms with Gasteiger partial charge in [-0.05, 0) is 17.7 Å². The van der Waals surface area contributed by atoms with Gasteiger partial charge in [0.2, 0.25) is 5.43 Å². The highest BCUT2D eigenvalue weighted by Crippen LogP contribution is 2.32. The zero-order valence-corrected chi connectivity index (χ0v) is 17.3. The van der Waals surface area contributed by atoms with Gasteiger partial charge in [-0.15, -0.1) is 0 Å². The molecule has 0 atom stereocenters. The normalized spacial score (nSPS) is 14.2. The molecule has 1 aromatic heterocycles. The molecule has 3 aromatic rings. The summed E-state index contributed by atoms with van der Waals surface area (Å²) in [5, 5.41) is 0.514. The fraction of sp³-hybridized carbons (Fsp3) is 0.348. The quantitative estimate of drug-likeness (QED) is 0.593. The van der Waals surface area contributed by atoms with Crippen LogP contribution in [0.5, 0.6) is 17.2 Å². The molecule has 1 saturated heterocycles. The predicted octanol–water partition coefficient (Wildman–Crippen LogP) is 3.46. The summed E-state index contributed by atoms with van der Waals surface area (Å²) in [6.45, 7) is 1.82. The molecule has 0 aliphatic carbocycles. The molecule has 7 heteroatoms. The Labute approximate surface area is 174 Å². The van der Waals surface area contributed by atoms with E-state index in [4.69, 9.17) is 23.7 Å². The third kappa shape index (κ3) is 3.86. The van der Waals surface area contributed by atoms with Gasteiger partial charge in [-0.3, -0.25) is 4.79 Å². The van der Waals surface area contributed by atoms with E-state index < -0.39 is 0 Å². The van der Waals surface area contributed by atoms with Crippen molar-refractivity contribution in [3.05, 3.63) is 52.8 Å². The van der Waals surface area contributed by atoms with Gasteiger partial charge in [0, 0.05) is 36.9 Å². The lowest BCUT2D eigenvalue weighted by atomic mass is 10.0. The summed E-state index contributed by atoms with van der Waals surface area (Å²) in [5.74, 6) is 1.84. The number of hydrogen-bond acceptors (Lipinski definition) is 6. The lowest BCUT2D eigenvalue weighted by Gasteiger charge is -2.18. The second-order valence-electron chi connectivity index (χ2n) is 6.98. The molecule has 0 saturated carbocycles. The summed E-state index contributed by atoms with van der Waals surface area (Å²) < 4.78 is 29.4. The number of methoxy groups -OCH3 is 3. The summed E-state index contributed by atoms with van der Waals surface area (Å²) in [6, 6.07) is 11.0. The number of aromatic nitrogens is 1. The molecular formula is C23H25NO6. The maximum atomic E-state index is 13.5. The molecule has 1 fully saturated rings. The fourth-order valence-electron chi connectivity index (χ4n) is 3.71. The van der Waals surface area contributed by atoms with Crippen molar-refractivity contribution >= 4 is 10.9 Å². The van der Waals surface area contributed by atoms with E-state index >= 15 is 0 Å². The first-order chi connectivity index (χ1) is 14.6. The molecule has 0 N–H and O–H groups in total. The minimum atomic E-state index is -0.239. The summed E-state index contributed by atoms with van der Waals surface area (Å²) >= 11 is 0. The number of pyridine rings is 1. The Hall–Kier alpha value is -3.03. The van der Waals surface area contributed by atoms with Crippen molar-refractivity contribution in [2.45, 2.75) is 19.3 Å². The molecule has 4 rings (SSSR count). The molecule has 2 heterocycles. The Morgan fingerprint density at radius 3 is 2.30 bits per heavy atom. The fourth-order valence-corrected chi connectivity index (χ4v) is 3.71. The molecular weight excluding hydrogens is 386 g/mol. The van der Waals surface area contributed by atoms with Crippen LogP contribution in [0.1, 0.15) is 6.42 Å². The largest absolute Gasteiger partial charge is 0.497 e. The number of ether oxygens (including phenoxy) is 5. The second-order valence-corrected chi connectivity index (χ2v) is 6.98. The topological polar surface area (TPSA) is 68.2 Å². The van der Waals surface area contributed by atoms with Crippen LogP contribution in [0.3, 0.4) is 0 Å². The summed E-state index contributed by atoms with van der Waals surface area (Å²) in [7, 11) is 4.76. The van der Waals surface area contributed by atoms with E-state index in [2.05, 4.69) is 0 Å². The van der Waals surface area contributed by atoms with Gasteiger partial charge in [-0.2, -0.15) is 0 Å². The Bertz CT molecular complexity index is 1080. The maximum Gasteiger partial charge on any atom is 0.200 e. The molecule has 7 nitrogen and oxygen atoms in total. The first-order valence-corrected chi connectivity index (χ1v) is 9.81. The first-order valence-electron chi connectivity index (χ1n) is 9.81. The zero-order chi connectivity index (χ0) is 21.1. The van der Waals surface area contributed by atoms with Gasteiger partial charge in [0.15, 0.2) is 6.29 Å². The SMILES string of the molecule is COc1ccc(-c2cn(CCC3OCCO3)c3cc(OC)cc(OC)c3c2=O)cc1. The van der Waals surface area contributed by atoms with Crippen LogP contribution in [0, 0.1) is 0 Å². The standard InChI is InChI=1S/C23H25NO6/c1-26-16-6-4-15(5-7-16)18-14-24(9-8-21-29-10-11-30-21)19-12-17(27-2)13-20(28-3)22(19)23(18)25/h4-7,12-14,21H,8-11H2,1-3H3. The van der Waals surface area contributed by atoms with Crippen LogP contribution in [-0.2, 0) is 16.0 Å². The minimum absolute atomic E-state index is 0.0979. The van der Waals surface area contributed by atoms with Gasteiger partial charge in [0.25, 0.3) is 0 Å². The Kier molecular flexibility index (Phi) is 5.92. The third-order valence-electron chi connectivity index (χ3n) is 5.27. The molecule has 0 bridgehead atoms. The average Bonchev–Trinajstić information content (AvgIpc) is 3.31. The first kappa shape index (κ1) is 20.3. The monoisotopic (exact) mass is 411 g/mol. The van der Waals surface area contributed by atoms with Crippen molar-refractivity contribution in [3.63, 3.8) is 0 Å². The van der Waals surface area contributed by atoms with Crippen LogP contribution in [0.2, 0.25) is 0 Å². The second kappa shape index (κ2) is 8.77. The van der Waals surface area contributed by atoms with Gasteiger partial charge in [-0.25, -0.2) is 0 Å². The summed E-state index contributed by atoms with van der Waals surface area (Å²) in [4.78, 5) is 13.5. The minimum Gasteiger partial charge on any atom is -0.497 e. The Morgan fingerprint density at radius 1 is 0.967 bits per heavy atom. The number of benzene rings is 2. The molecule has 158 valence electrons. The molecule has 1 aliphatic heterocycles. The maximum absolute atomic E-state index is 13.5. The van der Waals surface area contributed by atoms with Crippen LogP contribution in [0.25, 0.3) is 22.0 Å². The van der Waals surface area contributed by atoms with E-state index in [-0.39, 0.29) is 11.7 Å². The van der Waals surface area contributed by atoms with E-state index in [1.807, 2.05) is 41.1 Å². The highest BCUT2D eigenvalue weighted by Gasteiger charge is 2.19. The van der Waals surface area contributed by atoms with Crippen LogP contribution < -0.4 is 19.6 Å². The third-order valence-corrected chi connectivity index (χ3v) is 5.27. The van der Waals surface area contributed by atoms with Crippen molar-refractivity contribution in [2.75, 3.05) is 34.5 Å². The number of aryl methyl sites for hydroxylation is 1. The van der Waals surface area contributed by atoms with E-state index in [1.165, 1.54) is 0 Å². The van der Waals surface area contributed by atoms with Crippen LogP contribution in [0.4, 0.5) is 0 Å². The van der Waals surface area contributed by atoms with Gasteiger partial charge >= 0.3 is 0 Å². The Morgan fingerprint density at radius 2 is 1.67 bits per heavy atom. The van der Waals surface area contributed by atoms with E-state index in [0.29, 0.717) is 48.6 Å². The van der Waals surface area contributed by atoms with Crippen LogP contribution >= 0.6 is 0 Å². The molecule has 0 unspecified atom stereocenters. The summed E-state index contributed by atoms with van der Waals surface area (Å²) in [5.41, 5.74) is 2.04. The highest BCUT2D eigenvalue weighted by molar-refractivity contribution is 5.90. The van der Waals surface area contributed by atoms with E-state index in [9.17, 15) is 4.79 Å². The van der Waals surface area contributed by atoms with Gasteiger partial charge in [0.1, 0.15) is 17.2 Å². The lowest BCUT2D eigenvalue weighted by Crippen LogP contribution is -2.17. The van der Waals surface area contributed by atoms with Crippen LogP contribution in [-0.4, -0.2) is 45.4 Å². The van der Waals surface area contributed by atoms with Crippen molar-refractivity contribution in [1.82, 2.24) is 4.57 Å². The van der Waals surface area contributed by atoms with Crippen LogP contribution in [0.15, 0.2) is 47.4 Å². The van der Waals surface area contributed by atoms with Crippen molar-refractivity contribution in [3.8, 4) is 28.4 Å². The van der Waals surface area contributed by atoms with Gasteiger partial charge in [0.05, 0.1) is 45.4 Å². The predicted molar refractivity (Wildman–Crippen MR) is 114 cm³/mol. The highest BCUT2D eigenvalue weighted by atomic mass is 16.7. The average molecular weight is 411 g/mol. The molecule has 2 aromatic carbocycles. The van der Waals surface area contributed by atoms with Gasteiger partial charge < -0.3 is 28.3 Å². The summed E-state index contributed by atoms with van der Waals surface area (Å²) in [6.07, 6.45) is 2.30. The number of fused-ring (bicyclic) bond motifs is 1. The molecule has 0 radical (unpaired) electrons. The number of hydrogen-bond donors (Lipinski definition) is 0. The molecule has 0 amide bonds. The number of rotatable bonds is 7. The van der Waals surface area contributed by atoms with Crippen molar-refractivity contribution < 1.29 is 23.7 Å². The number of nitrogens with zero attached hydrogens (tertiary/aromatic N) is 1. The molecule has 1 aliphatic rings. The molecule has 0 spiro atoms. The van der Waals surface area contributed by atoms with Gasteiger partial charge in [-0.1, -0.05) is 12.1 Å². The zero-order valence-electron chi connectivity index (χ0n) is 17.3. The van der Waals surface area contributed by atoms with E-state index in [1.54, 1.807) is 27.4 Å².